The number of rotatable bonds is 4. The van der Waals surface area contributed by atoms with Crippen LogP contribution in [0.15, 0.2) is 60.8 Å². The van der Waals surface area contributed by atoms with Gasteiger partial charge in [-0.15, -0.1) is 0 Å². The van der Waals surface area contributed by atoms with Gasteiger partial charge in [0.05, 0.1) is 11.0 Å². The molecule has 28 heavy (non-hydrogen) atoms. The lowest BCUT2D eigenvalue weighted by atomic mass is 9.94. The minimum Gasteiger partial charge on any atom is -0.485 e. The number of pyridine rings is 1. The van der Waals surface area contributed by atoms with E-state index >= 15 is 0 Å². The SMILES string of the molecule is O=[N+]([O-])c1ccc(Oc2ccc3c(c2)C(O)CC(c2ccccc2F)O3)nc1. The fourth-order valence-electron chi connectivity index (χ4n) is 3.08. The van der Waals surface area contributed by atoms with Crippen LogP contribution in [-0.2, 0) is 0 Å². The fourth-order valence-corrected chi connectivity index (χ4v) is 3.08. The van der Waals surface area contributed by atoms with Gasteiger partial charge in [-0.25, -0.2) is 9.37 Å². The normalized spacial score (nSPS) is 18.1. The van der Waals surface area contributed by atoms with Crippen molar-refractivity contribution in [2.24, 2.45) is 0 Å². The predicted molar refractivity (Wildman–Crippen MR) is 96.8 cm³/mol. The van der Waals surface area contributed by atoms with Gasteiger partial charge < -0.3 is 14.6 Å². The maximum absolute atomic E-state index is 14.0. The Labute approximate surface area is 159 Å². The van der Waals surface area contributed by atoms with Crippen LogP contribution < -0.4 is 9.47 Å². The first-order chi connectivity index (χ1) is 13.5. The molecule has 0 amide bonds. The van der Waals surface area contributed by atoms with Gasteiger partial charge in [0, 0.05) is 29.7 Å². The summed E-state index contributed by atoms with van der Waals surface area (Å²) in [6, 6.07) is 13.9. The van der Waals surface area contributed by atoms with Crippen molar-refractivity contribution in [1.29, 1.82) is 0 Å². The Morgan fingerprint density at radius 1 is 1.18 bits per heavy atom. The van der Waals surface area contributed by atoms with Crippen molar-refractivity contribution in [2.75, 3.05) is 0 Å². The topological polar surface area (TPSA) is 94.7 Å². The Hall–Kier alpha value is -3.52. The molecule has 1 aromatic heterocycles. The molecule has 2 atom stereocenters. The van der Waals surface area contributed by atoms with Gasteiger partial charge in [0.25, 0.3) is 5.69 Å². The molecule has 1 aliphatic rings. The number of fused-ring (bicyclic) bond motifs is 1. The lowest BCUT2D eigenvalue weighted by molar-refractivity contribution is -0.385. The molecule has 0 bridgehead atoms. The summed E-state index contributed by atoms with van der Waals surface area (Å²) in [5.74, 6) is 0.636. The molecule has 2 heterocycles. The van der Waals surface area contributed by atoms with Gasteiger partial charge in [0.15, 0.2) is 0 Å². The molecule has 0 fully saturated rings. The minimum absolute atomic E-state index is 0.138. The van der Waals surface area contributed by atoms with Gasteiger partial charge in [-0.1, -0.05) is 18.2 Å². The molecule has 8 heteroatoms. The highest BCUT2D eigenvalue weighted by Crippen LogP contribution is 2.43. The van der Waals surface area contributed by atoms with Gasteiger partial charge in [-0.2, -0.15) is 0 Å². The number of nitrogens with zero attached hydrogens (tertiary/aromatic N) is 2. The van der Waals surface area contributed by atoms with E-state index in [0.29, 0.717) is 22.6 Å². The van der Waals surface area contributed by atoms with Crippen molar-refractivity contribution in [3.8, 4) is 17.4 Å². The largest absolute Gasteiger partial charge is 0.485 e. The maximum atomic E-state index is 14.0. The summed E-state index contributed by atoms with van der Waals surface area (Å²) < 4.78 is 25.5. The van der Waals surface area contributed by atoms with Crippen molar-refractivity contribution in [2.45, 2.75) is 18.6 Å². The fraction of sp³-hybridized carbons (Fsp3) is 0.150. The standard InChI is InChI=1S/C20H15FN2O5/c21-16-4-2-1-3-14(16)19-10-17(24)15-9-13(6-7-18(15)28-19)27-20-8-5-12(11-22-20)23(25)26/h1-9,11,17,19,24H,10H2. The summed E-state index contributed by atoms with van der Waals surface area (Å²) >= 11 is 0. The molecule has 0 saturated carbocycles. The summed E-state index contributed by atoms with van der Waals surface area (Å²) in [5.41, 5.74) is 0.774. The van der Waals surface area contributed by atoms with Crippen LogP contribution in [-0.4, -0.2) is 15.0 Å². The zero-order chi connectivity index (χ0) is 19.7. The van der Waals surface area contributed by atoms with E-state index in [1.54, 1.807) is 36.4 Å². The van der Waals surface area contributed by atoms with Crippen molar-refractivity contribution < 1.29 is 23.9 Å². The Morgan fingerprint density at radius 3 is 2.71 bits per heavy atom. The highest BCUT2D eigenvalue weighted by atomic mass is 19.1. The number of aliphatic hydroxyl groups excluding tert-OH is 1. The number of ether oxygens (including phenoxy) is 2. The van der Waals surface area contributed by atoms with E-state index in [-0.39, 0.29) is 23.8 Å². The Bertz CT molecular complexity index is 1030. The molecular weight excluding hydrogens is 367 g/mol. The lowest BCUT2D eigenvalue weighted by Gasteiger charge is -2.30. The second-order valence-electron chi connectivity index (χ2n) is 6.29. The second kappa shape index (κ2) is 7.24. The molecule has 3 aromatic rings. The molecule has 0 radical (unpaired) electrons. The van der Waals surface area contributed by atoms with Crippen LogP contribution in [0.3, 0.4) is 0 Å². The van der Waals surface area contributed by atoms with E-state index in [9.17, 15) is 19.6 Å². The number of hydrogen-bond acceptors (Lipinski definition) is 6. The molecule has 2 aromatic carbocycles. The average molecular weight is 382 g/mol. The van der Waals surface area contributed by atoms with Crippen LogP contribution in [0, 0.1) is 15.9 Å². The van der Waals surface area contributed by atoms with Crippen LogP contribution in [0.25, 0.3) is 0 Å². The van der Waals surface area contributed by atoms with Gasteiger partial charge >= 0.3 is 0 Å². The highest BCUT2D eigenvalue weighted by Gasteiger charge is 2.30. The molecule has 7 nitrogen and oxygen atoms in total. The molecule has 2 unspecified atom stereocenters. The van der Waals surface area contributed by atoms with Crippen LogP contribution in [0.4, 0.5) is 10.1 Å². The van der Waals surface area contributed by atoms with E-state index in [4.69, 9.17) is 9.47 Å². The summed E-state index contributed by atoms with van der Waals surface area (Å²) in [4.78, 5) is 14.0. The van der Waals surface area contributed by atoms with Crippen LogP contribution >= 0.6 is 0 Å². The molecule has 0 spiro atoms. The van der Waals surface area contributed by atoms with Crippen LogP contribution in [0.5, 0.6) is 17.4 Å². The van der Waals surface area contributed by atoms with Gasteiger partial charge in [-0.3, -0.25) is 10.1 Å². The number of nitro groups is 1. The van der Waals surface area contributed by atoms with Gasteiger partial charge in [-0.05, 0) is 24.3 Å². The van der Waals surface area contributed by atoms with Crippen LogP contribution in [0.2, 0.25) is 0 Å². The zero-order valence-corrected chi connectivity index (χ0v) is 14.5. The molecule has 1 aliphatic heterocycles. The smallest absolute Gasteiger partial charge is 0.287 e. The number of benzene rings is 2. The number of halogens is 1. The summed E-state index contributed by atoms with van der Waals surface area (Å²) in [6.45, 7) is 0. The monoisotopic (exact) mass is 382 g/mol. The second-order valence-corrected chi connectivity index (χ2v) is 6.29. The van der Waals surface area contributed by atoms with Gasteiger partial charge in [0.1, 0.15) is 29.6 Å². The summed E-state index contributed by atoms with van der Waals surface area (Å²) in [6.07, 6.45) is -0.147. The molecular formula is C20H15FN2O5. The van der Waals surface area contributed by atoms with E-state index in [2.05, 4.69) is 4.98 Å². The molecule has 0 aliphatic carbocycles. The molecule has 0 saturated heterocycles. The Kier molecular flexibility index (Phi) is 4.62. The molecule has 4 rings (SSSR count). The first-order valence-corrected chi connectivity index (χ1v) is 8.52. The Morgan fingerprint density at radius 2 is 2.00 bits per heavy atom. The Balaban J connectivity index is 1.55. The first-order valence-electron chi connectivity index (χ1n) is 8.52. The van der Waals surface area contributed by atoms with Crippen molar-refractivity contribution in [3.63, 3.8) is 0 Å². The predicted octanol–water partition coefficient (Wildman–Crippen LogP) is 4.48. The quantitative estimate of drug-likeness (QED) is 0.528. The van der Waals surface area contributed by atoms with E-state index < -0.39 is 17.1 Å². The van der Waals surface area contributed by atoms with E-state index in [1.165, 1.54) is 18.2 Å². The molecule has 142 valence electrons. The molecule has 1 N–H and O–H groups in total. The summed E-state index contributed by atoms with van der Waals surface area (Å²) in [5, 5.41) is 21.2. The third-order valence-corrected chi connectivity index (χ3v) is 4.45. The van der Waals surface area contributed by atoms with Crippen molar-refractivity contribution >= 4 is 5.69 Å². The van der Waals surface area contributed by atoms with Crippen molar-refractivity contribution in [3.05, 3.63) is 87.9 Å². The third-order valence-electron chi connectivity index (χ3n) is 4.45. The minimum atomic E-state index is -0.860. The lowest BCUT2D eigenvalue weighted by Crippen LogP contribution is -2.20. The van der Waals surface area contributed by atoms with E-state index in [0.717, 1.165) is 6.20 Å². The summed E-state index contributed by atoms with van der Waals surface area (Å²) in [7, 11) is 0. The number of aliphatic hydroxyl groups is 1. The van der Waals surface area contributed by atoms with E-state index in [1.807, 2.05) is 0 Å². The number of hydrogen-bond donors (Lipinski definition) is 1. The number of aromatic nitrogens is 1. The first kappa shape index (κ1) is 17.9. The highest BCUT2D eigenvalue weighted by molar-refractivity contribution is 5.45. The average Bonchev–Trinajstić information content (AvgIpc) is 2.69. The van der Waals surface area contributed by atoms with Gasteiger partial charge in [0.2, 0.25) is 5.88 Å². The van der Waals surface area contributed by atoms with Crippen molar-refractivity contribution in [1.82, 2.24) is 4.98 Å². The van der Waals surface area contributed by atoms with Crippen LogP contribution in [0.1, 0.15) is 29.8 Å². The third kappa shape index (κ3) is 3.49. The zero-order valence-electron chi connectivity index (χ0n) is 14.5. The maximum Gasteiger partial charge on any atom is 0.287 e.